The fourth-order valence-electron chi connectivity index (χ4n) is 2.27. The molecule has 1 fully saturated rings. The molecule has 0 aromatic heterocycles. The third kappa shape index (κ3) is 2.94. The first-order chi connectivity index (χ1) is 7.01. The van der Waals surface area contributed by atoms with Crippen LogP contribution < -0.4 is 5.32 Å². The van der Waals surface area contributed by atoms with Crippen LogP contribution in [0.15, 0.2) is 0 Å². The second-order valence-electron chi connectivity index (χ2n) is 5.15. The molecular formula is C12H23NO2. The summed E-state index contributed by atoms with van der Waals surface area (Å²) in [5, 5.41) is 12.3. The second-order valence-corrected chi connectivity index (χ2v) is 5.15. The van der Waals surface area contributed by atoms with E-state index >= 15 is 0 Å². The predicted octanol–water partition coefficient (Wildman–Crippen LogP) is 2.27. The summed E-state index contributed by atoms with van der Waals surface area (Å²) in [5.74, 6) is -0.577. The summed E-state index contributed by atoms with van der Waals surface area (Å²) < 4.78 is 0. The Morgan fingerprint density at radius 2 is 2.07 bits per heavy atom. The number of hydrogen-bond donors (Lipinski definition) is 2. The summed E-state index contributed by atoms with van der Waals surface area (Å²) in [6, 6.07) is -0.394. The Hall–Kier alpha value is -0.570. The highest BCUT2D eigenvalue weighted by atomic mass is 16.4. The maximum atomic E-state index is 11.0. The van der Waals surface area contributed by atoms with E-state index in [1.165, 1.54) is 19.3 Å². The third-order valence-corrected chi connectivity index (χ3v) is 3.79. The highest BCUT2D eigenvalue weighted by molar-refractivity contribution is 5.73. The molecule has 1 rings (SSSR count). The van der Waals surface area contributed by atoms with E-state index in [2.05, 4.69) is 12.2 Å². The summed E-state index contributed by atoms with van der Waals surface area (Å²) in [7, 11) is 0. The number of carbonyl (C=O) groups is 1. The molecule has 15 heavy (non-hydrogen) atoms. The highest BCUT2D eigenvalue weighted by Gasteiger charge is 2.36. The molecule has 2 N–H and O–H groups in total. The standard InChI is InChI=1S/C12H23NO2/c1-4-12(6-5-7-12)8-13-10(9(2)3)11(14)15/h9-10,13H,4-8H2,1-3H3,(H,14,15). The van der Waals surface area contributed by atoms with Crippen LogP contribution in [0.2, 0.25) is 0 Å². The van der Waals surface area contributed by atoms with Crippen LogP contribution in [0.1, 0.15) is 46.5 Å². The molecule has 3 nitrogen and oxygen atoms in total. The minimum absolute atomic E-state index is 0.150. The third-order valence-electron chi connectivity index (χ3n) is 3.79. The molecule has 0 amide bonds. The molecule has 0 aromatic carbocycles. The van der Waals surface area contributed by atoms with Crippen LogP contribution in [-0.2, 0) is 4.79 Å². The maximum absolute atomic E-state index is 11.0. The number of carboxylic acids is 1. The van der Waals surface area contributed by atoms with Gasteiger partial charge in [-0.2, -0.15) is 0 Å². The molecule has 3 heteroatoms. The maximum Gasteiger partial charge on any atom is 0.320 e. The summed E-state index contributed by atoms with van der Waals surface area (Å²) in [6.45, 7) is 6.96. The lowest BCUT2D eigenvalue weighted by Gasteiger charge is -2.42. The van der Waals surface area contributed by atoms with Crippen LogP contribution in [0.5, 0.6) is 0 Å². The molecule has 1 saturated carbocycles. The van der Waals surface area contributed by atoms with Gasteiger partial charge in [-0.05, 0) is 30.6 Å². The topological polar surface area (TPSA) is 49.3 Å². The molecule has 0 radical (unpaired) electrons. The van der Waals surface area contributed by atoms with Gasteiger partial charge in [-0.25, -0.2) is 0 Å². The zero-order chi connectivity index (χ0) is 11.5. The normalized spacial score (nSPS) is 21.1. The largest absolute Gasteiger partial charge is 0.480 e. The average molecular weight is 213 g/mol. The summed E-state index contributed by atoms with van der Waals surface area (Å²) >= 11 is 0. The van der Waals surface area contributed by atoms with Crippen molar-refractivity contribution < 1.29 is 9.90 Å². The Morgan fingerprint density at radius 3 is 2.33 bits per heavy atom. The quantitative estimate of drug-likeness (QED) is 0.711. The number of rotatable bonds is 6. The molecule has 1 unspecified atom stereocenters. The van der Waals surface area contributed by atoms with Gasteiger partial charge in [-0.3, -0.25) is 4.79 Å². The molecule has 0 aromatic rings. The van der Waals surface area contributed by atoms with Crippen molar-refractivity contribution in [2.45, 2.75) is 52.5 Å². The van der Waals surface area contributed by atoms with Crippen molar-refractivity contribution in [3.8, 4) is 0 Å². The summed E-state index contributed by atoms with van der Waals surface area (Å²) in [4.78, 5) is 11.0. The fraction of sp³-hybridized carbons (Fsp3) is 0.917. The Balaban J connectivity index is 2.42. The van der Waals surface area contributed by atoms with E-state index in [1.807, 2.05) is 13.8 Å². The van der Waals surface area contributed by atoms with Gasteiger partial charge in [-0.1, -0.05) is 27.2 Å². The van der Waals surface area contributed by atoms with Crippen molar-refractivity contribution >= 4 is 5.97 Å². The molecule has 88 valence electrons. The van der Waals surface area contributed by atoms with Crippen LogP contribution in [0.25, 0.3) is 0 Å². The molecular weight excluding hydrogens is 190 g/mol. The number of nitrogens with one attached hydrogen (secondary N) is 1. The van der Waals surface area contributed by atoms with Gasteiger partial charge >= 0.3 is 5.97 Å². The van der Waals surface area contributed by atoms with E-state index in [4.69, 9.17) is 5.11 Å². The van der Waals surface area contributed by atoms with Crippen molar-refractivity contribution in [2.24, 2.45) is 11.3 Å². The molecule has 1 aliphatic rings. The van der Waals surface area contributed by atoms with Gasteiger partial charge in [0.2, 0.25) is 0 Å². The zero-order valence-corrected chi connectivity index (χ0v) is 10.0. The van der Waals surface area contributed by atoms with Gasteiger partial charge in [0, 0.05) is 6.54 Å². The number of aliphatic carboxylic acids is 1. The molecule has 1 aliphatic carbocycles. The second kappa shape index (κ2) is 4.97. The predicted molar refractivity (Wildman–Crippen MR) is 60.8 cm³/mol. The first-order valence-electron chi connectivity index (χ1n) is 5.97. The van der Waals surface area contributed by atoms with Crippen molar-refractivity contribution in [3.05, 3.63) is 0 Å². The zero-order valence-electron chi connectivity index (χ0n) is 10.0. The molecule has 1 atom stereocenters. The lowest BCUT2D eigenvalue weighted by atomic mass is 9.67. The van der Waals surface area contributed by atoms with Gasteiger partial charge in [0.15, 0.2) is 0 Å². The SMILES string of the molecule is CCC1(CNC(C(=O)O)C(C)C)CCC1. The minimum atomic E-state index is -0.726. The molecule has 0 bridgehead atoms. The Morgan fingerprint density at radius 1 is 1.47 bits per heavy atom. The monoisotopic (exact) mass is 213 g/mol. The number of carboxylic acid groups (broad SMARTS) is 1. The lowest BCUT2D eigenvalue weighted by molar-refractivity contribution is -0.140. The first-order valence-corrected chi connectivity index (χ1v) is 5.97. The molecule has 0 aliphatic heterocycles. The van der Waals surface area contributed by atoms with Gasteiger partial charge in [0.25, 0.3) is 0 Å². The highest BCUT2D eigenvalue weighted by Crippen LogP contribution is 2.43. The molecule has 0 spiro atoms. The minimum Gasteiger partial charge on any atom is -0.480 e. The van der Waals surface area contributed by atoms with Crippen LogP contribution in [0.3, 0.4) is 0 Å². The van der Waals surface area contributed by atoms with Crippen molar-refractivity contribution in [1.29, 1.82) is 0 Å². The van der Waals surface area contributed by atoms with E-state index in [9.17, 15) is 4.79 Å². The Bertz CT molecular complexity index is 216. The fourth-order valence-corrected chi connectivity index (χ4v) is 2.27. The van der Waals surface area contributed by atoms with E-state index in [0.29, 0.717) is 5.41 Å². The smallest absolute Gasteiger partial charge is 0.320 e. The van der Waals surface area contributed by atoms with Gasteiger partial charge in [0.1, 0.15) is 6.04 Å². The summed E-state index contributed by atoms with van der Waals surface area (Å²) in [6.07, 6.45) is 4.96. The first kappa shape index (κ1) is 12.5. The van der Waals surface area contributed by atoms with Crippen LogP contribution >= 0.6 is 0 Å². The van der Waals surface area contributed by atoms with E-state index < -0.39 is 12.0 Å². The Labute approximate surface area is 92.3 Å². The van der Waals surface area contributed by atoms with Crippen molar-refractivity contribution in [2.75, 3.05) is 6.54 Å². The van der Waals surface area contributed by atoms with Gasteiger partial charge < -0.3 is 10.4 Å². The van der Waals surface area contributed by atoms with Crippen LogP contribution in [0, 0.1) is 11.3 Å². The van der Waals surface area contributed by atoms with E-state index in [-0.39, 0.29) is 5.92 Å². The Kier molecular flexibility index (Phi) is 4.14. The summed E-state index contributed by atoms with van der Waals surface area (Å²) in [5.41, 5.74) is 0.391. The van der Waals surface area contributed by atoms with Crippen LogP contribution in [0.4, 0.5) is 0 Å². The number of hydrogen-bond acceptors (Lipinski definition) is 2. The van der Waals surface area contributed by atoms with Gasteiger partial charge in [-0.15, -0.1) is 0 Å². The van der Waals surface area contributed by atoms with E-state index in [0.717, 1.165) is 13.0 Å². The van der Waals surface area contributed by atoms with Crippen molar-refractivity contribution in [3.63, 3.8) is 0 Å². The van der Waals surface area contributed by atoms with E-state index in [1.54, 1.807) is 0 Å². The van der Waals surface area contributed by atoms with Crippen molar-refractivity contribution in [1.82, 2.24) is 5.32 Å². The van der Waals surface area contributed by atoms with Crippen LogP contribution in [-0.4, -0.2) is 23.7 Å². The van der Waals surface area contributed by atoms with Gasteiger partial charge in [0.05, 0.1) is 0 Å². The molecule has 0 saturated heterocycles. The molecule has 0 heterocycles. The average Bonchev–Trinajstić information content (AvgIpc) is 2.08. The lowest BCUT2D eigenvalue weighted by Crippen LogP contribution is -2.48.